The SMILES string of the molecule is CC(C)CC1(CC(C)C)OC2=CC3C4=C(C=C(O)C3C=C2S1)C1(CCC(C)(C)CC1)c1ccccc14. The van der Waals surface area contributed by atoms with Gasteiger partial charge < -0.3 is 9.84 Å². The summed E-state index contributed by atoms with van der Waals surface area (Å²) in [5.74, 6) is 2.85. The van der Waals surface area contributed by atoms with Crippen molar-refractivity contribution < 1.29 is 9.84 Å². The van der Waals surface area contributed by atoms with Gasteiger partial charge in [0.15, 0.2) is 4.93 Å². The van der Waals surface area contributed by atoms with E-state index in [9.17, 15) is 5.11 Å². The molecule has 1 saturated carbocycles. The Kier molecular flexibility index (Phi) is 5.65. The second-order valence-corrected chi connectivity index (χ2v) is 15.0. The van der Waals surface area contributed by atoms with Gasteiger partial charge in [-0.15, -0.1) is 0 Å². The van der Waals surface area contributed by atoms with Gasteiger partial charge in [0.2, 0.25) is 0 Å². The minimum atomic E-state index is -0.201. The fourth-order valence-corrected chi connectivity index (χ4v) is 9.50. The molecule has 2 atom stereocenters. The van der Waals surface area contributed by atoms with E-state index in [4.69, 9.17) is 4.74 Å². The molecular formula is C33H42O2S. The van der Waals surface area contributed by atoms with E-state index in [0.717, 1.165) is 31.4 Å². The lowest BCUT2D eigenvalue weighted by molar-refractivity contribution is 0.0619. The maximum Gasteiger partial charge on any atom is 0.159 e. The van der Waals surface area contributed by atoms with Crippen LogP contribution in [0.4, 0.5) is 0 Å². The summed E-state index contributed by atoms with van der Waals surface area (Å²) in [5, 5.41) is 11.5. The highest BCUT2D eigenvalue weighted by Gasteiger charge is 2.53. The zero-order valence-corrected chi connectivity index (χ0v) is 23.7. The number of rotatable bonds is 4. The summed E-state index contributed by atoms with van der Waals surface area (Å²) < 4.78 is 6.89. The van der Waals surface area contributed by atoms with E-state index in [1.807, 2.05) is 11.8 Å². The summed E-state index contributed by atoms with van der Waals surface area (Å²) in [4.78, 5) is 1.02. The van der Waals surface area contributed by atoms with E-state index in [0.29, 0.717) is 23.0 Å². The first kappa shape index (κ1) is 24.5. The van der Waals surface area contributed by atoms with E-state index in [-0.39, 0.29) is 22.2 Å². The van der Waals surface area contributed by atoms with Crippen molar-refractivity contribution in [3.8, 4) is 0 Å². The largest absolute Gasteiger partial charge is 0.512 e. The highest BCUT2D eigenvalue weighted by atomic mass is 32.2. The zero-order valence-electron chi connectivity index (χ0n) is 22.9. The molecule has 5 aliphatic rings. The normalized spacial score (nSPS) is 28.7. The number of aliphatic hydroxyl groups is 1. The lowest BCUT2D eigenvalue weighted by Gasteiger charge is -2.44. The maximum absolute atomic E-state index is 11.5. The molecule has 6 rings (SSSR count). The minimum absolute atomic E-state index is 0.00395. The van der Waals surface area contributed by atoms with E-state index in [2.05, 4.69) is 84.0 Å². The van der Waals surface area contributed by atoms with Crippen molar-refractivity contribution in [1.29, 1.82) is 0 Å². The van der Waals surface area contributed by atoms with Gasteiger partial charge in [0, 0.05) is 22.2 Å². The standard InChI is InChI=1S/C33H42O2S/c1-20(2)18-33(19-21(3)4)35-28-15-24-23(16-29(28)36-33)27(34)17-26-30(24)22-9-7-8-10-25(22)32(26)13-11-31(5,6)12-14-32/h7-10,15-17,20-21,23-24,34H,11-14,18-19H2,1-6H3. The smallest absolute Gasteiger partial charge is 0.159 e. The fraction of sp³-hybridized carbons (Fsp3) is 0.576. The Balaban J connectivity index is 1.44. The number of hydrogen-bond donors (Lipinski definition) is 1. The molecule has 1 aromatic carbocycles. The van der Waals surface area contributed by atoms with Crippen LogP contribution in [-0.4, -0.2) is 10.0 Å². The summed E-state index contributed by atoms with van der Waals surface area (Å²) in [5.41, 5.74) is 6.14. The number of aliphatic hydroxyl groups excluding tert-OH is 1. The first-order valence-corrected chi connectivity index (χ1v) is 14.9. The van der Waals surface area contributed by atoms with Gasteiger partial charge in [0.05, 0.1) is 0 Å². The van der Waals surface area contributed by atoms with Crippen LogP contribution in [0, 0.1) is 29.1 Å². The fourth-order valence-electron chi connectivity index (χ4n) is 7.71. The van der Waals surface area contributed by atoms with Crippen molar-refractivity contribution in [2.75, 3.05) is 0 Å². The molecule has 1 spiro atoms. The molecule has 2 unspecified atom stereocenters. The Bertz CT molecular complexity index is 1190. The van der Waals surface area contributed by atoms with Crippen LogP contribution >= 0.6 is 11.8 Å². The molecule has 2 fully saturated rings. The third-order valence-corrected chi connectivity index (χ3v) is 10.6. The molecule has 0 radical (unpaired) electrons. The molecule has 0 amide bonds. The van der Waals surface area contributed by atoms with Crippen molar-refractivity contribution in [2.45, 2.75) is 90.4 Å². The summed E-state index contributed by atoms with van der Waals surface area (Å²) in [6, 6.07) is 9.09. The van der Waals surface area contributed by atoms with E-state index in [1.54, 1.807) is 0 Å². The summed E-state index contributed by atoms with van der Waals surface area (Å²) >= 11 is 1.90. The van der Waals surface area contributed by atoms with Crippen LogP contribution in [0.15, 0.2) is 64.5 Å². The average molecular weight is 503 g/mol. The van der Waals surface area contributed by atoms with Gasteiger partial charge in [0.25, 0.3) is 0 Å². The van der Waals surface area contributed by atoms with Crippen LogP contribution in [0.2, 0.25) is 0 Å². The van der Waals surface area contributed by atoms with Gasteiger partial charge in [-0.3, -0.25) is 0 Å². The van der Waals surface area contributed by atoms with Crippen LogP contribution < -0.4 is 0 Å². The van der Waals surface area contributed by atoms with E-state index < -0.39 is 0 Å². The number of allylic oxidation sites excluding steroid dienone is 5. The Morgan fingerprint density at radius 1 is 0.944 bits per heavy atom. The highest BCUT2D eigenvalue weighted by Crippen LogP contribution is 2.63. The topological polar surface area (TPSA) is 29.5 Å². The van der Waals surface area contributed by atoms with Crippen molar-refractivity contribution in [3.63, 3.8) is 0 Å². The lowest BCUT2D eigenvalue weighted by atomic mass is 9.60. The second kappa shape index (κ2) is 8.32. The minimum Gasteiger partial charge on any atom is -0.512 e. The Hall–Kier alpha value is -1.87. The van der Waals surface area contributed by atoms with Crippen molar-refractivity contribution in [3.05, 3.63) is 75.6 Å². The number of fused-ring (bicyclic) bond motifs is 7. The van der Waals surface area contributed by atoms with Crippen LogP contribution in [0.3, 0.4) is 0 Å². The van der Waals surface area contributed by atoms with Gasteiger partial charge in [0.1, 0.15) is 11.5 Å². The molecule has 2 nitrogen and oxygen atoms in total. The van der Waals surface area contributed by atoms with Crippen LogP contribution in [0.5, 0.6) is 0 Å². The highest BCUT2D eigenvalue weighted by molar-refractivity contribution is 8.04. The first-order valence-electron chi connectivity index (χ1n) is 14.1. The molecule has 4 aliphatic carbocycles. The monoisotopic (exact) mass is 502 g/mol. The molecule has 192 valence electrons. The number of benzene rings is 1. The number of thioether (sulfide) groups is 1. The predicted octanol–water partition coefficient (Wildman–Crippen LogP) is 9.31. The van der Waals surface area contributed by atoms with Crippen molar-refractivity contribution in [1.82, 2.24) is 0 Å². The molecule has 1 saturated heterocycles. The Morgan fingerprint density at radius 2 is 1.61 bits per heavy atom. The van der Waals surface area contributed by atoms with Gasteiger partial charge in [-0.2, -0.15) is 0 Å². The average Bonchev–Trinajstić information content (AvgIpc) is 3.26. The third-order valence-electron chi connectivity index (χ3n) is 9.28. The van der Waals surface area contributed by atoms with Crippen molar-refractivity contribution in [2.24, 2.45) is 29.1 Å². The van der Waals surface area contributed by atoms with Gasteiger partial charge in [-0.25, -0.2) is 0 Å². The summed E-state index contributed by atoms with van der Waals surface area (Å²) in [6.45, 7) is 14.0. The van der Waals surface area contributed by atoms with E-state index >= 15 is 0 Å². The zero-order chi connectivity index (χ0) is 25.5. The van der Waals surface area contributed by atoms with E-state index in [1.165, 1.54) is 40.0 Å². The molecule has 3 heteroatoms. The molecule has 1 N–H and O–H groups in total. The maximum atomic E-state index is 11.5. The van der Waals surface area contributed by atoms with Gasteiger partial charge in [-0.05, 0) is 90.2 Å². The Labute approximate surface area is 222 Å². The Morgan fingerprint density at radius 3 is 2.28 bits per heavy atom. The third kappa shape index (κ3) is 3.75. The summed E-state index contributed by atoms with van der Waals surface area (Å²) in [6.07, 6.45) is 13.7. The second-order valence-electron chi connectivity index (χ2n) is 13.6. The first-order chi connectivity index (χ1) is 17.0. The predicted molar refractivity (Wildman–Crippen MR) is 151 cm³/mol. The molecule has 36 heavy (non-hydrogen) atoms. The number of hydrogen-bond acceptors (Lipinski definition) is 3. The lowest BCUT2D eigenvalue weighted by Crippen LogP contribution is -2.35. The molecule has 0 bridgehead atoms. The number of ether oxygens (including phenoxy) is 1. The van der Waals surface area contributed by atoms with Crippen molar-refractivity contribution >= 4 is 17.3 Å². The molecule has 1 heterocycles. The molecule has 0 aromatic heterocycles. The quantitative estimate of drug-likeness (QED) is 0.445. The summed E-state index contributed by atoms with van der Waals surface area (Å²) in [7, 11) is 0. The molecule has 1 aromatic rings. The molecular weight excluding hydrogens is 460 g/mol. The van der Waals surface area contributed by atoms with Gasteiger partial charge >= 0.3 is 0 Å². The van der Waals surface area contributed by atoms with Crippen LogP contribution in [0.25, 0.3) is 5.57 Å². The molecule has 1 aliphatic heterocycles. The van der Waals surface area contributed by atoms with Gasteiger partial charge in [-0.1, -0.05) is 83.6 Å². The van der Waals surface area contributed by atoms with Crippen LogP contribution in [-0.2, 0) is 10.2 Å². The van der Waals surface area contributed by atoms with Crippen LogP contribution in [0.1, 0.15) is 91.2 Å².